The van der Waals surface area contributed by atoms with E-state index in [1.54, 1.807) is 0 Å². The molecule has 2 aliphatic carbocycles. The summed E-state index contributed by atoms with van der Waals surface area (Å²) in [6.07, 6.45) is 12.2. The van der Waals surface area contributed by atoms with Gasteiger partial charge in [-0.1, -0.05) is 30.9 Å². The van der Waals surface area contributed by atoms with Crippen molar-refractivity contribution in [3.05, 3.63) is 11.6 Å². The Morgan fingerprint density at radius 1 is 1.00 bits per heavy atom. The second kappa shape index (κ2) is 4.40. The van der Waals surface area contributed by atoms with Crippen molar-refractivity contribution in [2.75, 3.05) is 13.2 Å². The lowest BCUT2D eigenvalue weighted by molar-refractivity contribution is -0.310. The van der Waals surface area contributed by atoms with Crippen molar-refractivity contribution in [2.24, 2.45) is 5.41 Å². The van der Waals surface area contributed by atoms with Crippen LogP contribution in [0.4, 0.5) is 0 Å². The fourth-order valence-corrected chi connectivity index (χ4v) is 3.43. The third-order valence-electron chi connectivity index (χ3n) is 4.86. The van der Waals surface area contributed by atoms with Gasteiger partial charge < -0.3 is 9.47 Å². The molecular weight excluding hydrogens is 212 g/mol. The minimum absolute atomic E-state index is 0.262. The van der Waals surface area contributed by atoms with E-state index in [1.165, 1.54) is 37.7 Å². The molecule has 1 saturated carbocycles. The van der Waals surface area contributed by atoms with Crippen molar-refractivity contribution in [1.82, 2.24) is 0 Å². The fourth-order valence-electron chi connectivity index (χ4n) is 3.43. The molecule has 3 rings (SSSR count). The molecule has 0 bridgehead atoms. The van der Waals surface area contributed by atoms with Crippen LogP contribution in [0.5, 0.6) is 0 Å². The smallest absolute Gasteiger partial charge is 0.172 e. The molecule has 1 aliphatic heterocycles. The first-order valence-electron chi connectivity index (χ1n) is 7.16. The highest BCUT2D eigenvalue weighted by Gasteiger charge is 2.45. The summed E-state index contributed by atoms with van der Waals surface area (Å²) in [5, 5.41) is 0. The Bertz CT molecular complexity index is 303. The molecule has 17 heavy (non-hydrogen) atoms. The maximum Gasteiger partial charge on any atom is 0.172 e. The van der Waals surface area contributed by atoms with Crippen molar-refractivity contribution in [3.63, 3.8) is 0 Å². The van der Waals surface area contributed by atoms with E-state index in [-0.39, 0.29) is 5.79 Å². The van der Waals surface area contributed by atoms with E-state index < -0.39 is 0 Å². The van der Waals surface area contributed by atoms with Crippen LogP contribution in [0.2, 0.25) is 0 Å². The van der Waals surface area contributed by atoms with E-state index in [9.17, 15) is 0 Å². The summed E-state index contributed by atoms with van der Waals surface area (Å²) < 4.78 is 12.4. The molecule has 2 fully saturated rings. The monoisotopic (exact) mass is 236 g/mol. The van der Waals surface area contributed by atoms with Crippen LogP contribution in [0.3, 0.4) is 0 Å². The van der Waals surface area contributed by atoms with Crippen LogP contribution in [-0.4, -0.2) is 19.0 Å². The minimum Gasteiger partial charge on any atom is -0.349 e. The van der Waals surface area contributed by atoms with Crippen LogP contribution < -0.4 is 0 Å². The number of ether oxygens (including phenoxy) is 2. The van der Waals surface area contributed by atoms with Gasteiger partial charge in [0.15, 0.2) is 5.79 Å². The van der Waals surface area contributed by atoms with Crippen LogP contribution in [0, 0.1) is 5.41 Å². The highest BCUT2D eigenvalue weighted by atomic mass is 16.7. The van der Waals surface area contributed by atoms with Gasteiger partial charge in [0, 0.05) is 18.3 Å². The van der Waals surface area contributed by atoms with Crippen LogP contribution in [-0.2, 0) is 9.47 Å². The molecule has 1 heterocycles. The summed E-state index contributed by atoms with van der Waals surface area (Å²) >= 11 is 0. The molecule has 0 aromatic heterocycles. The zero-order valence-corrected chi connectivity index (χ0v) is 11.0. The predicted molar refractivity (Wildman–Crippen MR) is 67.8 cm³/mol. The molecule has 0 aromatic carbocycles. The van der Waals surface area contributed by atoms with Gasteiger partial charge in [0.25, 0.3) is 0 Å². The minimum atomic E-state index is -0.262. The van der Waals surface area contributed by atoms with Gasteiger partial charge >= 0.3 is 0 Å². The van der Waals surface area contributed by atoms with Gasteiger partial charge in [-0.2, -0.15) is 0 Å². The van der Waals surface area contributed by atoms with Gasteiger partial charge in [0.2, 0.25) is 0 Å². The zero-order chi connectivity index (χ0) is 11.8. The Labute approximate surface area is 104 Å². The molecule has 0 aromatic rings. The SMILES string of the molecule is CC1=CCC2(CC1)OCC1(CCCCC1)CO2. The molecule has 2 nitrogen and oxygen atoms in total. The zero-order valence-electron chi connectivity index (χ0n) is 11.0. The Morgan fingerprint density at radius 2 is 1.71 bits per heavy atom. The summed E-state index contributed by atoms with van der Waals surface area (Å²) in [6, 6.07) is 0. The van der Waals surface area contributed by atoms with Crippen molar-refractivity contribution in [1.29, 1.82) is 0 Å². The second-order valence-electron chi connectivity index (χ2n) is 6.30. The lowest BCUT2D eigenvalue weighted by Gasteiger charge is -2.48. The molecule has 3 aliphatic rings. The molecule has 0 unspecified atom stereocenters. The van der Waals surface area contributed by atoms with Crippen molar-refractivity contribution < 1.29 is 9.47 Å². The van der Waals surface area contributed by atoms with Crippen LogP contribution in [0.15, 0.2) is 11.6 Å². The van der Waals surface area contributed by atoms with Crippen LogP contribution >= 0.6 is 0 Å². The van der Waals surface area contributed by atoms with Gasteiger partial charge in [-0.15, -0.1) is 0 Å². The number of allylic oxidation sites excluding steroid dienone is 1. The van der Waals surface area contributed by atoms with E-state index in [2.05, 4.69) is 13.0 Å². The molecule has 1 saturated heterocycles. The highest BCUT2D eigenvalue weighted by molar-refractivity contribution is 5.07. The average Bonchev–Trinajstić information content (AvgIpc) is 2.38. The number of hydrogen-bond acceptors (Lipinski definition) is 2. The first-order valence-corrected chi connectivity index (χ1v) is 7.16. The largest absolute Gasteiger partial charge is 0.349 e. The molecule has 0 N–H and O–H groups in total. The Balaban J connectivity index is 1.63. The summed E-state index contributed by atoms with van der Waals surface area (Å²) in [7, 11) is 0. The van der Waals surface area contributed by atoms with Gasteiger partial charge in [0.05, 0.1) is 13.2 Å². The van der Waals surface area contributed by atoms with E-state index in [0.29, 0.717) is 5.41 Å². The van der Waals surface area contributed by atoms with Crippen LogP contribution in [0.25, 0.3) is 0 Å². The fraction of sp³-hybridized carbons (Fsp3) is 0.867. The van der Waals surface area contributed by atoms with Gasteiger partial charge in [-0.3, -0.25) is 0 Å². The van der Waals surface area contributed by atoms with Crippen molar-refractivity contribution in [3.8, 4) is 0 Å². The molecule has 96 valence electrons. The first-order chi connectivity index (χ1) is 8.22. The molecule has 0 atom stereocenters. The maximum atomic E-state index is 6.18. The normalized spacial score (nSPS) is 31.5. The lowest BCUT2D eigenvalue weighted by atomic mass is 9.74. The Hall–Kier alpha value is -0.340. The number of rotatable bonds is 0. The third kappa shape index (κ3) is 2.30. The predicted octanol–water partition coefficient (Wildman–Crippen LogP) is 3.81. The highest BCUT2D eigenvalue weighted by Crippen LogP contribution is 2.45. The second-order valence-corrected chi connectivity index (χ2v) is 6.30. The summed E-state index contributed by atoms with van der Waals surface area (Å²) in [4.78, 5) is 0. The third-order valence-corrected chi connectivity index (χ3v) is 4.86. The van der Waals surface area contributed by atoms with Gasteiger partial charge in [-0.05, 0) is 26.2 Å². The quantitative estimate of drug-likeness (QED) is 0.595. The van der Waals surface area contributed by atoms with E-state index in [0.717, 1.165) is 32.5 Å². The summed E-state index contributed by atoms with van der Waals surface area (Å²) in [5.74, 6) is -0.262. The molecule has 0 radical (unpaired) electrons. The van der Waals surface area contributed by atoms with Gasteiger partial charge in [0.1, 0.15) is 0 Å². The molecule has 2 spiro atoms. The maximum absolute atomic E-state index is 6.18. The van der Waals surface area contributed by atoms with E-state index in [4.69, 9.17) is 9.47 Å². The molecule has 0 amide bonds. The standard InChI is InChI=1S/C15H24O2/c1-13-5-9-15(10-6-13)16-11-14(12-17-15)7-3-2-4-8-14/h5H,2-4,6-12H2,1H3. The Kier molecular flexibility index (Phi) is 3.04. The van der Waals surface area contributed by atoms with Gasteiger partial charge in [-0.25, -0.2) is 0 Å². The average molecular weight is 236 g/mol. The van der Waals surface area contributed by atoms with Crippen LogP contribution in [0.1, 0.15) is 58.3 Å². The molecule has 2 heteroatoms. The van der Waals surface area contributed by atoms with E-state index in [1.807, 2.05) is 0 Å². The summed E-state index contributed by atoms with van der Waals surface area (Å²) in [5.41, 5.74) is 1.85. The van der Waals surface area contributed by atoms with Crippen molar-refractivity contribution >= 4 is 0 Å². The number of hydrogen-bond donors (Lipinski definition) is 0. The first kappa shape index (κ1) is 11.7. The van der Waals surface area contributed by atoms with Crippen molar-refractivity contribution in [2.45, 2.75) is 64.1 Å². The lowest BCUT2D eigenvalue weighted by Crippen LogP contribution is -2.50. The molecular formula is C15H24O2. The summed E-state index contributed by atoms with van der Waals surface area (Å²) in [6.45, 7) is 4.07. The topological polar surface area (TPSA) is 18.5 Å². The van der Waals surface area contributed by atoms with E-state index >= 15 is 0 Å². The Morgan fingerprint density at radius 3 is 2.29 bits per heavy atom.